The van der Waals surface area contributed by atoms with E-state index in [0.29, 0.717) is 0 Å². The van der Waals surface area contributed by atoms with Gasteiger partial charge in [0.2, 0.25) is 0 Å². The highest BCUT2D eigenvalue weighted by Crippen LogP contribution is 2.43. The first-order valence-electron chi connectivity index (χ1n) is 12.9. The number of phosphoric acid groups is 1. The van der Waals surface area contributed by atoms with Crippen molar-refractivity contribution in [3.8, 4) is 0 Å². The summed E-state index contributed by atoms with van der Waals surface area (Å²) in [5, 5.41) is 101. The average Bonchev–Trinajstić information content (AvgIpc) is 2.94. The molecule has 256 valence electrons. The quantitative estimate of drug-likeness (QED) is 0.0858. The van der Waals surface area contributed by atoms with Crippen LogP contribution in [-0.2, 0) is 42.4 Å². The molecule has 0 spiro atoms. The van der Waals surface area contributed by atoms with E-state index < -0.39 is 137 Å². The molecule has 14 N–H and O–H groups in total. The van der Waals surface area contributed by atoms with Gasteiger partial charge in [0.15, 0.2) is 6.29 Å². The molecule has 0 aromatic carbocycles. The maximum atomic E-state index is 12.5. The number of carboxylic acid groups (broad SMARTS) is 2. The highest BCUT2D eigenvalue weighted by Gasteiger charge is 2.60. The van der Waals surface area contributed by atoms with E-state index in [1.54, 1.807) is 0 Å². The number of hydrogen-bond donors (Lipinski definition) is 13. The second kappa shape index (κ2) is 14.1. The van der Waals surface area contributed by atoms with E-state index >= 15 is 0 Å². The maximum absolute atomic E-state index is 12.5. The number of aliphatic carboxylic acids is 2. The van der Waals surface area contributed by atoms with Crippen molar-refractivity contribution in [2.75, 3.05) is 19.8 Å². The first kappa shape index (κ1) is 37.0. The third kappa shape index (κ3) is 7.71. The summed E-state index contributed by atoms with van der Waals surface area (Å²) in [4.78, 5) is 43.3. The summed E-state index contributed by atoms with van der Waals surface area (Å²) < 4.78 is 42.4. The van der Waals surface area contributed by atoms with Crippen LogP contribution in [-0.4, -0.2) is 178 Å². The molecule has 44 heavy (non-hydrogen) atoms. The third-order valence-electron chi connectivity index (χ3n) is 7.33. The number of nitrogens with two attached hydrogens (primary N) is 1. The summed E-state index contributed by atoms with van der Waals surface area (Å²) in [5.74, 6) is -9.92. The molecule has 3 fully saturated rings. The molecule has 3 heterocycles. The third-order valence-corrected chi connectivity index (χ3v) is 7.85. The van der Waals surface area contributed by atoms with Crippen molar-refractivity contribution in [3.63, 3.8) is 0 Å². The molecule has 0 saturated carbocycles. The lowest BCUT2D eigenvalue weighted by Gasteiger charge is -2.49. The molecule has 14 atom stereocenters. The van der Waals surface area contributed by atoms with E-state index in [4.69, 9.17) is 29.4 Å². The van der Waals surface area contributed by atoms with Gasteiger partial charge < -0.3 is 90.3 Å². The lowest BCUT2D eigenvalue weighted by atomic mass is 9.91. The Balaban J connectivity index is 1.93. The minimum absolute atomic E-state index is 1.04. The highest BCUT2D eigenvalue weighted by molar-refractivity contribution is 7.46. The Morgan fingerprint density at radius 1 is 0.932 bits per heavy atom. The van der Waals surface area contributed by atoms with Crippen molar-refractivity contribution in [2.24, 2.45) is 5.73 Å². The standard InChI is InChI=1S/C21H36NO21P/c22-11-14(29)16(43-44(35,36)37)10(39-17(11)30)5-38-20(18(31)32)2-8(13(28)9(4-24)41-20)40-21(19(33)34)1-6(25)12(27)15(42-21)7(26)3-23/h6-17,23-30H,1-5,22H2,(H,31,32)(H,33,34)(H2,35,36,37)/t6-,7-,8-,9-,10-,11-,12-,13+,14-,15-,16-,17-,20-,21-/m1/s1. The number of phosphoric ester groups is 1. The van der Waals surface area contributed by atoms with Crippen LogP contribution in [0.2, 0.25) is 0 Å². The maximum Gasteiger partial charge on any atom is 0.470 e. The van der Waals surface area contributed by atoms with Crippen molar-refractivity contribution >= 4 is 19.8 Å². The molecule has 22 nitrogen and oxygen atoms in total. The van der Waals surface area contributed by atoms with Gasteiger partial charge in [-0.05, 0) is 0 Å². The Labute approximate surface area is 246 Å². The topological polar surface area (TPSA) is 375 Å². The smallest absolute Gasteiger partial charge is 0.470 e. The zero-order valence-electron chi connectivity index (χ0n) is 22.5. The second-order valence-electron chi connectivity index (χ2n) is 10.4. The molecule has 0 aromatic heterocycles. The van der Waals surface area contributed by atoms with E-state index in [1.807, 2.05) is 0 Å². The number of carbonyl (C=O) groups is 2. The van der Waals surface area contributed by atoms with Crippen molar-refractivity contribution in [2.45, 2.75) is 97.8 Å². The van der Waals surface area contributed by atoms with Crippen molar-refractivity contribution in [3.05, 3.63) is 0 Å². The minimum Gasteiger partial charge on any atom is -0.477 e. The highest BCUT2D eigenvalue weighted by atomic mass is 31.2. The molecule has 3 saturated heterocycles. The van der Waals surface area contributed by atoms with Crippen LogP contribution in [0.15, 0.2) is 0 Å². The van der Waals surface area contributed by atoms with Crippen LogP contribution in [0.25, 0.3) is 0 Å². The summed E-state index contributed by atoms with van der Waals surface area (Å²) in [6.07, 6.45) is -23.6. The molecule has 3 aliphatic heterocycles. The predicted molar refractivity (Wildman–Crippen MR) is 131 cm³/mol. The van der Waals surface area contributed by atoms with Crippen LogP contribution in [0, 0.1) is 0 Å². The van der Waals surface area contributed by atoms with E-state index in [0.717, 1.165) is 0 Å². The van der Waals surface area contributed by atoms with Gasteiger partial charge in [-0.3, -0.25) is 4.52 Å². The lowest BCUT2D eigenvalue weighted by Crippen LogP contribution is -2.67. The van der Waals surface area contributed by atoms with Crippen LogP contribution in [0.4, 0.5) is 0 Å². The van der Waals surface area contributed by atoms with Gasteiger partial charge in [-0.1, -0.05) is 0 Å². The number of ether oxygens (including phenoxy) is 5. The summed E-state index contributed by atoms with van der Waals surface area (Å²) in [6, 6.07) is -1.64. The first-order chi connectivity index (χ1) is 20.3. The summed E-state index contributed by atoms with van der Waals surface area (Å²) >= 11 is 0. The molecular formula is C21H36NO21P. The Hall–Kier alpha value is -1.51. The van der Waals surface area contributed by atoms with Gasteiger partial charge in [-0.2, -0.15) is 0 Å². The molecule has 0 amide bonds. The lowest BCUT2D eigenvalue weighted by molar-refractivity contribution is -0.373. The number of aliphatic hydroxyl groups is 8. The van der Waals surface area contributed by atoms with E-state index in [1.165, 1.54) is 0 Å². The normalized spacial score (nSPS) is 44.2. The van der Waals surface area contributed by atoms with Gasteiger partial charge in [-0.15, -0.1) is 0 Å². The molecule has 23 heteroatoms. The van der Waals surface area contributed by atoms with Crippen molar-refractivity contribution in [1.82, 2.24) is 0 Å². The van der Waals surface area contributed by atoms with E-state index in [9.17, 15) is 75.0 Å². The van der Waals surface area contributed by atoms with E-state index in [-0.39, 0.29) is 0 Å². The van der Waals surface area contributed by atoms with Crippen LogP contribution in [0.3, 0.4) is 0 Å². The largest absolute Gasteiger partial charge is 0.477 e. The van der Waals surface area contributed by atoms with Gasteiger partial charge in [0.25, 0.3) is 11.6 Å². The molecular weight excluding hydrogens is 633 g/mol. The Bertz CT molecular complexity index is 1060. The van der Waals surface area contributed by atoms with Gasteiger partial charge in [0.05, 0.1) is 38.1 Å². The van der Waals surface area contributed by atoms with Gasteiger partial charge >= 0.3 is 19.8 Å². The van der Waals surface area contributed by atoms with Crippen molar-refractivity contribution < 1.29 is 103 Å². The molecule has 0 unspecified atom stereocenters. The summed E-state index contributed by atoms with van der Waals surface area (Å²) in [7, 11) is -5.35. The van der Waals surface area contributed by atoms with Crippen LogP contribution >= 0.6 is 7.82 Å². The Kier molecular flexibility index (Phi) is 11.8. The monoisotopic (exact) mass is 669 g/mol. The SMILES string of the molecule is N[C@@H]1[C@@H](O)[C@H](OP(=O)(O)O)[C@@H](CO[C@]2(C(=O)O)C[C@@H](O[C@]3(C(=O)O)C[C@@H](O)[C@@H](O)[C@@H]([C@H](O)CO)O3)[C@H](O)[C@@H](CO)O2)O[C@H]1O. The number of carboxylic acids is 2. The molecule has 0 aromatic rings. The van der Waals surface area contributed by atoms with Crippen LogP contribution < -0.4 is 5.73 Å². The molecule has 0 aliphatic carbocycles. The predicted octanol–water partition coefficient (Wildman–Crippen LogP) is -7.16. The minimum atomic E-state index is -5.35. The fourth-order valence-electron chi connectivity index (χ4n) is 5.00. The molecule has 0 bridgehead atoms. The van der Waals surface area contributed by atoms with Crippen LogP contribution in [0.1, 0.15) is 12.8 Å². The average molecular weight is 669 g/mol. The van der Waals surface area contributed by atoms with E-state index in [2.05, 4.69) is 4.52 Å². The van der Waals surface area contributed by atoms with Crippen LogP contribution in [0.5, 0.6) is 0 Å². The number of aliphatic hydroxyl groups excluding tert-OH is 8. The summed E-state index contributed by atoms with van der Waals surface area (Å²) in [5.41, 5.74) is 5.54. The summed E-state index contributed by atoms with van der Waals surface area (Å²) in [6.45, 7) is -3.27. The van der Waals surface area contributed by atoms with Gasteiger partial charge in [-0.25, -0.2) is 14.2 Å². The van der Waals surface area contributed by atoms with Crippen molar-refractivity contribution in [1.29, 1.82) is 0 Å². The number of rotatable bonds is 12. The fourth-order valence-corrected chi connectivity index (χ4v) is 5.58. The molecule has 3 rings (SSSR count). The zero-order valence-corrected chi connectivity index (χ0v) is 23.4. The fraction of sp³-hybridized carbons (Fsp3) is 0.905. The number of hydrogen-bond acceptors (Lipinski definition) is 18. The Morgan fingerprint density at radius 2 is 1.55 bits per heavy atom. The molecule has 3 aliphatic rings. The zero-order chi connectivity index (χ0) is 33.4. The first-order valence-corrected chi connectivity index (χ1v) is 14.4. The molecule has 0 radical (unpaired) electrons. The Morgan fingerprint density at radius 3 is 2.07 bits per heavy atom. The second-order valence-corrected chi connectivity index (χ2v) is 11.6. The van der Waals surface area contributed by atoms with Gasteiger partial charge in [0, 0.05) is 12.8 Å². The van der Waals surface area contributed by atoms with Gasteiger partial charge in [0.1, 0.15) is 48.8 Å².